The zero-order chi connectivity index (χ0) is 18.9. The highest BCUT2D eigenvalue weighted by atomic mass is 32.2. The maximum Gasteiger partial charge on any atom is 0.379 e. The fourth-order valence-electron chi connectivity index (χ4n) is 2.81. The number of benzene rings is 2. The van der Waals surface area contributed by atoms with Gasteiger partial charge in [-0.1, -0.05) is 42.5 Å². The second-order valence-electron chi connectivity index (χ2n) is 5.89. The van der Waals surface area contributed by atoms with Gasteiger partial charge < -0.3 is 9.15 Å². The number of fused-ring (bicyclic) bond motifs is 1. The zero-order valence-electron chi connectivity index (χ0n) is 14.1. The molecular formula is C20H15NO5S. The third kappa shape index (κ3) is 3.24. The number of carbonyl (C=O) groups is 1. The first-order valence-corrected chi connectivity index (χ1v) is 9.62. The lowest BCUT2D eigenvalue weighted by molar-refractivity contribution is 0.0654. The molecule has 27 heavy (non-hydrogen) atoms. The summed E-state index contributed by atoms with van der Waals surface area (Å²) in [7, 11) is -3.76. The van der Waals surface area contributed by atoms with E-state index in [2.05, 4.69) is 0 Å². The van der Waals surface area contributed by atoms with Crippen molar-refractivity contribution in [3.05, 3.63) is 96.1 Å². The molecule has 1 aliphatic rings. The van der Waals surface area contributed by atoms with Crippen LogP contribution in [-0.4, -0.2) is 18.7 Å². The van der Waals surface area contributed by atoms with E-state index in [-0.39, 0.29) is 23.0 Å². The van der Waals surface area contributed by atoms with Crippen LogP contribution in [-0.2, 0) is 21.3 Å². The molecular weight excluding hydrogens is 366 g/mol. The summed E-state index contributed by atoms with van der Waals surface area (Å²) in [6, 6.07) is 18.7. The normalized spacial score (nSPS) is 15.0. The lowest BCUT2D eigenvalue weighted by atomic mass is 10.2. The second kappa shape index (κ2) is 6.77. The average Bonchev–Trinajstić information content (AvgIpc) is 3.22. The van der Waals surface area contributed by atoms with Crippen LogP contribution in [0.5, 0.6) is 0 Å². The number of hydrogen-bond donors (Lipinski definition) is 0. The maximum absolute atomic E-state index is 13.0. The Morgan fingerprint density at radius 1 is 0.963 bits per heavy atom. The van der Waals surface area contributed by atoms with Gasteiger partial charge in [0.2, 0.25) is 5.76 Å². The van der Waals surface area contributed by atoms with E-state index in [0.29, 0.717) is 5.56 Å². The topological polar surface area (TPSA) is 76.8 Å². The number of rotatable bonds is 4. The van der Waals surface area contributed by atoms with Crippen LogP contribution >= 0.6 is 0 Å². The predicted octanol–water partition coefficient (Wildman–Crippen LogP) is 3.64. The van der Waals surface area contributed by atoms with Crippen LogP contribution in [0.2, 0.25) is 0 Å². The van der Waals surface area contributed by atoms with Crippen molar-refractivity contribution in [2.75, 3.05) is 0 Å². The molecule has 136 valence electrons. The number of carbonyl (C=O) groups excluding carboxylic acids is 1. The van der Waals surface area contributed by atoms with Crippen molar-refractivity contribution in [2.24, 2.45) is 0 Å². The van der Waals surface area contributed by atoms with Crippen LogP contribution in [0.25, 0.3) is 5.76 Å². The molecule has 0 spiro atoms. The van der Waals surface area contributed by atoms with E-state index in [0.717, 1.165) is 5.56 Å². The average molecular weight is 381 g/mol. The van der Waals surface area contributed by atoms with Crippen molar-refractivity contribution < 1.29 is 22.4 Å². The van der Waals surface area contributed by atoms with Gasteiger partial charge in [0.15, 0.2) is 5.76 Å². The smallest absolute Gasteiger partial charge is 0.379 e. The van der Waals surface area contributed by atoms with Gasteiger partial charge in [0.05, 0.1) is 23.9 Å². The van der Waals surface area contributed by atoms with Crippen molar-refractivity contribution in [1.82, 2.24) is 4.31 Å². The van der Waals surface area contributed by atoms with Crippen LogP contribution in [0.1, 0.15) is 21.7 Å². The third-order valence-electron chi connectivity index (χ3n) is 4.11. The first-order chi connectivity index (χ1) is 13.1. The second-order valence-corrected chi connectivity index (χ2v) is 7.75. The summed E-state index contributed by atoms with van der Waals surface area (Å²) in [6.45, 7) is 0.124. The Morgan fingerprint density at radius 2 is 1.70 bits per heavy atom. The molecule has 0 saturated heterocycles. The molecule has 0 radical (unpaired) electrons. The fraction of sp³-hybridized carbons (Fsp3) is 0.0500. The van der Waals surface area contributed by atoms with E-state index < -0.39 is 16.0 Å². The molecule has 1 aliphatic heterocycles. The molecule has 4 rings (SSSR count). The van der Waals surface area contributed by atoms with Gasteiger partial charge in [-0.25, -0.2) is 13.2 Å². The molecule has 0 saturated carbocycles. The Morgan fingerprint density at radius 3 is 2.44 bits per heavy atom. The summed E-state index contributed by atoms with van der Waals surface area (Å²) in [6.07, 6.45) is 2.71. The molecule has 0 N–H and O–H groups in total. The van der Waals surface area contributed by atoms with E-state index >= 15 is 0 Å². The summed E-state index contributed by atoms with van der Waals surface area (Å²) >= 11 is 0. The summed E-state index contributed by atoms with van der Waals surface area (Å²) in [5.41, 5.74) is 1.15. The van der Waals surface area contributed by atoms with Gasteiger partial charge in [-0.15, -0.1) is 0 Å². The maximum atomic E-state index is 13.0. The van der Waals surface area contributed by atoms with Gasteiger partial charge in [0.1, 0.15) is 0 Å². The van der Waals surface area contributed by atoms with Crippen LogP contribution in [0.4, 0.5) is 0 Å². The van der Waals surface area contributed by atoms with Gasteiger partial charge >= 0.3 is 5.97 Å². The molecule has 1 aromatic heterocycles. The predicted molar refractivity (Wildman–Crippen MR) is 97.7 cm³/mol. The largest absolute Gasteiger partial charge is 0.457 e. The highest BCUT2D eigenvalue weighted by molar-refractivity contribution is 7.89. The Balaban J connectivity index is 1.74. The molecule has 3 aromatic rings. The zero-order valence-corrected chi connectivity index (χ0v) is 14.9. The van der Waals surface area contributed by atoms with Crippen molar-refractivity contribution in [3.63, 3.8) is 0 Å². The Kier molecular flexibility index (Phi) is 4.29. The number of nitrogens with zero attached hydrogens (tertiary/aromatic N) is 1. The Labute approximate surface area is 156 Å². The standard InChI is InChI=1S/C20H15NO5S/c22-20(17-10-6-12-25-17)26-18-14-21(13-15-7-2-1-3-8-15)27(23,24)19-11-5-4-9-16(18)19/h1-12,14H,13H2. The molecule has 2 aromatic carbocycles. The van der Waals surface area contributed by atoms with Crippen molar-refractivity contribution in [2.45, 2.75) is 11.4 Å². The monoisotopic (exact) mass is 381 g/mol. The number of furan rings is 1. The van der Waals surface area contributed by atoms with Crippen LogP contribution in [0, 0.1) is 0 Å². The summed E-state index contributed by atoms with van der Waals surface area (Å²) in [5, 5.41) is 0. The minimum atomic E-state index is -3.76. The lowest BCUT2D eigenvalue weighted by Crippen LogP contribution is -2.30. The summed E-state index contributed by atoms with van der Waals surface area (Å²) < 4.78 is 37.7. The van der Waals surface area contributed by atoms with Gasteiger partial charge in [-0.05, 0) is 29.8 Å². The lowest BCUT2D eigenvalue weighted by Gasteiger charge is -2.27. The van der Waals surface area contributed by atoms with Gasteiger partial charge in [0.25, 0.3) is 10.0 Å². The molecule has 0 bridgehead atoms. The van der Waals surface area contributed by atoms with E-state index in [1.807, 2.05) is 30.3 Å². The number of hydrogen-bond acceptors (Lipinski definition) is 5. The van der Waals surface area contributed by atoms with Crippen molar-refractivity contribution in [3.8, 4) is 0 Å². The fourth-order valence-corrected chi connectivity index (χ4v) is 4.31. The molecule has 0 unspecified atom stereocenters. The van der Waals surface area contributed by atoms with E-state index in [4.69, 9.17) is 9.15 Å². The number of ether oxygens (including phenoxy) is 1. The molecule has 0 fully saturated rings. The number of esters is 1. The van der Waals surface area contributed by atoms with Crippen molar-refractivity contribution >= 4 is 21.8 Å². The first-order valence-electron chi connectivity index (χ1n) is 8.18. The Bertz CT molecular complexity index is 1100. The van der Waals surface area contributed by atoms with Gasteiger partial charge in [0, 0.05) is 5.56 Å². The van der Waals surface area contributed by atoms with Crippen LogP contribution in [0.15, 0.2) is 88.5 Å². The van der Waals surface area contributed by atoms with E-state index in [1.165, 1.54) is 28.9 Å². The summed E-state index contributed by atoms with van der Waals surface area (Å²) in [4.78, 5) is 12.4. The molecule has 6 nitrogen and oxygen atoms in total. The molecule has 0 aliphatic carbocycles. The highest BCUT2D eigenvalue weighted by Gasteiger charge is 2.33. The molecule has 2 heterocycles. The third-order valence-corrected chi connectivity index (χ3v) is 5.87. The SMILES string of the molecule is O=C(OC1=CN(Cc2ccccc2)S(=O)(=O)c2ccccc21)c1ccco1. The summed E-state index contributed by atoms with van der Waals surface area (Å²) in [5.74, 6) is -0.505. The van der Waals surface area contributed by atoms with Crippen LogP contribution in [0.3, 0.4) is 0 Å². The van der Waals surface area contributed by atoms with Gasteiger partial charge in [-0.3, -0.25) is 4.31 Å². The molecule has 7 heteroatoms. The van der Waals surface area contributed by atoms with Gasteiger partial charge in [-0.2, -0.15) is 0 Å². The highest BCUT2D eigenvalue weighted by Crippen LogP contribution is 2.34. The van der Waals surface area contributed by atoms with Crippen molar-refractivity contribution in [1.29, 1.82) is 0 Å². The van der Waals surface area contributed by atoms with Crippen LogP contribution < -0.4 is 0 Å². The minimum absolute atomic E-state index is 0.0384. The minimum Gasteiger partial charge on any atom is -0.457 e. The Hall–Kier alpha value is -3.32. The quantitative estimate of drug-likeness (QED) is 0.645. The molecule has 0 atom stereocenters. The number of sulfonamides is 1. The van der Waals surface area contributed by atoms with E-state index in [1.54, 1.807) is 24.3 Å². The van der Waals surface area contributed by atoms with E-state index in [9.17, 15) is 13.2 Å². The molecule has 0 amide bonds. The first kappa shape index (κ1) is 17.1.